The fourth-order valence-electron chi connectivity index (χ4n) is 2.00. The Kier molecular flexibility index (Phi) is 5.61. The van der Waals surface area contributed by atoms with E-state index in [1.54, 1.807) is 36.6 Å². The van der Waals surface area contributed by atoms with Gasteiger partial charge in [0.25, 0.3) is 5.91 Å². The van der Waals surface area contributed by atoms with Crippen LogP contribution >= 0.6 is 22.9 Å². The predicted octanol–water partition coefficient (Wildman–Crippen LogP) is 2.06. The van der Waals surface area contributed by atoms with Crippen LogP contribution in [0.2, 0.25) is 5.02 Å². The molecule has 4 nitrogen and oxygen atoms in total. The van der Waals surface area contributed by atoms with Gasteiger partial charge in [-0.15, -0.1) is 11.3 Å². The second kappa shape index (κ2) is 7.45. The molecule has 2 rings (SSSR count). The molecule has 2 aromatic rings. The van der Waals surface area contributed by atoms with Gasteiger partial charge in [0.1, 0.15) is 12.3 Å². The average molecular weight is 326 g/mol. The van der Waals surface area contributed by atoms with Crippen LogP contribution < -0.4 is 15.0 Å². The molecule has 0 radical (unpaired) electrons. The lowest BCUT2D eigenvalue weighted by molar-refractivity contribution is -0.884. The van der Waals surface area contributed by atoms with Crippen molar-refractivity contribution in [1.29, 1.82) is 0 Å². The zero-order valence-corrected chi connectivity index (χ0v) is 13.6. The van der Waals surface area contributed by atoms with E-state index < -0.39 is 0 Å². The topological polar surface area (TPSA) is 42.8 Å². The molecular formula is C15H18ClN2O2S+. The van der Waals surface area contributed by atoms with Crippen LogP contribution in [-0.2, 0) is 11.3 Å². The van der Waals surface area contributed by atoms with Crippen molar-refractivity contribution in [3.63, 3.8) is 0 Å². The molecule has 0 aliphatic heterocycles. The number of likely N-dealkylation sites (N-methyl/N-ethyl adjacent to an activating group) is 1. The first-order valence-electron chi connectivity index (χ1n) is 6.55. The molecule has 21 heavy (non-hydrogen) atoms. The van der Waals surface area contributed by atoms with Gasteiger partial charge >= 0.3 is 0 Å². The first kappa shape index (κ1) is 15.8. The van der Waals surface area contributed by atoms with Gasteiger partial charge < -0.3 is 15.0 Å². The Labute approximate surface area is 133 Å². The lowest BCUT2D eigenvalue weighted by atomic mass is 10.3. The highest BCUT2D eigenvalue weighted by Crippen LogP contribution is 2.26. The Balaban J connectivity index is 1.87. The van der Waals surface area contributed by atoms with Gasteiger partial charge in [0.2, 0.25) is 0 Å². The Morgan fingerprint density at radius 3 is 2.86 bits per heavy atom. The van der Waals surface area contributed by atoms with E-state index in [-0.39, 0.29) is 5.91 Å². The summed E-state index contributed by atoms with van der Waals surface area (Å²) >= 11 is 7.74. The van der Waals surface area contributed by atoms with E-state index in [0.29, 0.717) is 23.0 Å². The normalized spacial score (nSPS) is 12.0. The molecule has 0 aliphatic rings. The van der Waals surface area contributed by atoms with Gasteiger partial charge in [-0.1, -0.05) is 17.7 Å². The first-order chi connectivity index (χ1) is 10.1. The molecule has 1 aromatic heterocycles. The number of rotatable bonds is 6. The maximum Gasteiger partial charge on any atom is 0.279 e. The van der Waals surface area contributed by atoms with Crippen LogP contribution in [0.15, 0.2) is 35.7 Å². The first-order valence-corrected chi connectivity index (χ1v) is 7.81. The molecular weight excluding hydrogens is 308 g/mol. The lowest BCUT2D eigenvalue weighted by Gasteiger charge is -2.13. The fourth-order valence-corrected chi connectivity index (χ4v) is 3.07. The van der Waals surface area contributed by atoms with Crippen LogP contribution in [0.3, 0.4) is 0 Å². The Morgan fingerprint density at radius 2 is 2.24 bits per heavy atom. The van der Waals surface area contributed by atoms with Crippen LogP contribution in [0.5, 0.6) is 5.75 Å². The second-order valence-electron chi connectivity index (χ2n) is 4.79. The molecule has 0 aliphatic carbocycles. The largest absolute Gasteiger partial charge is 0.495 e. The van der Waals surface area contributed by atoms with Gasteiger partial charge in [0.15, 0.2) is 6.54 Å². The molecule has 6 heteroatoms. The number of hydrogen-bond donors (Lipinski definition) is 2. The van der Waals surface area contributed by atoms with E-state index in [9.17, 15) is 4.79 Å². The summed E-state index contributed by atoms with van der Waals surface area (Å²) in [5.41, 5.74) is 0.676. The smallest absolute Gasteiger partial charge is 0.279 e. The van der Waals surface area contributed by atoms with E-state index in [0.717, 1.165) is 11.4 Å². The summed E-state index contributed by atoms with van der Waals surface area (Å²) in [7, 11) is 3.56. The molecule has 0 bridgehead atoms. The van der Waals surface area contributed by atoms with E-state index >= 15 is 0 Å². The number of methoxy groups -OCH3 is 1. The van der Waals surface area contributed by atoms with Crippen LogP contribution in [-0.4, -0.2) is 26.6 Å². The van der Waals surface area contributed by atoms with Crippen molar-refractivity contribution in [2.24, 2.45) is 0 Å². The summed E-state index contributed by atoms with van der Waals surface area (Å²) < 4.78 is 5.08. The van der Waals surface area contributed by atoms with E-state index in [1.807, 2.05) is 18.5 Å². The fraction of sp³-hybridized carbons (Fsp3) is 0.267. The number of carbonyl (C=O) groups is 1. The summed E-state index contributed by atoms with van der Waals surface area (Å²) in [6.45, 7) is 1.25. The van der Waals surface area contributed by atoms with Crippen molar-refractivity contribution in [2.45, 2.75) is 6.54 Å². The average Bonchev–Trinajstić information content (AvgIpc) is 2.91. The molecule has 0 saturated carbocycles. The highest BCUT2D eigenvalue weighted by Gasteiger charge is 2.12. The summed E-state index contributed by atoms with van der Waals surface area (Å²) in [5.74, 6) is 0.556. The van der Waals surface area contributed by atoms with Crippen molar-refractivity contribution in [3.05, 3.63) is 45.6 Å². The summed E-state index contributed by atoms with van der Waals surface area (Å²) in [6.07, 6.45) is 0. The third-order valence-electron chi connectivity index (χ3n) is 2.95. The van der Waals surface area contributed by atoms with E-state index in [1.165, 1.54) is 4.88 Å². The number of amides is 1. The van der Waals surface area contributed by atoms with Crippen LogP contribution in [0, 0.1) is 0 Å². The standard InChI is InChI=1S/C15H17ClN2O2S/c1-18(9-12-4-3-7-21-12)10-15(19)17-11-5-6-14(20-2)13(16)8-11/h3-8H,9-10H2,1-2H3,(H,17,19)/p+1. The zero-order chi connectivity index (χ0) is 15.2. The number of anilines is 1. The molecule has 1 atom stereocenters. The highest BCUT2D eigenvalue weighted by molar-refractivity contribution is 7.09. The second-order valence-corrected chi connectivity index (χ2v) is 6.23. The van der Waals surface area contributed by atoms with Gasteiger partial charge in [-0.2, -0.15) is 0 Å². The number of halogens is 1. The molecule has 0 fully saturated rings. The maximum atomic E-state index is 12.0. The minimum Gasteiger partial charge on any atom is -0.495 e. The number of hydrogen-bond acceptors (Lipinski definition) is 3. The van der Waals surface area contributed by atoms with Crippen molar-refractivity contribution >= 4 is 34.5 Å². The molecule has 1 amide bonds. The number of quaternary nitrogens is 1. The predicted molar refractivity (Wildman–Crippen MR) is 86.4 cm³/mol. The van der Waals surface area contributed by atoms with Crippen molar-refractivity contribution < 1.29 is 14.4 Å². The van der Waals surface area contributed by atoms with Crippen LogP contribution in [0.4, 0.5) is 5.69 Å². The van der Waals surface area contributed by atoms with Gasteiger partial charge in [-0.3, -0.25) is 4.79 Å². The molecule has 0 saturated heterocycles. The van der Waals surface area contributed by atoms with Crippen LogP contribution in [0.25, 0.3) is 0 Å². The van der Waals surface area contributed by atoms with Crippen LogP contribution in [0.1, 0.15) is 4.88 Å². The SMILES string of the molecule is COc1ccc(NC(=O)C[NH+](C)Cc2cccs2)cc1Cl. The summed E-state index contributed by atoms with van der Waals surface area (Å²) in [5, 5.41) is 5.37. The van der Waals surface area contributed by atoms with Gasteiger partial charge in [0.05, 0.1) is 24.1 Å². The molecule has 2 N–H and O–H groups in total. The summed E-state index contributed by atoms with van der Waals surface area (Å²) in [6, 6.07) is 9.30. The van der Waals surface area contributed by atoms with Crippen molar-refractivity contribution in [3.8, 4) is 5.75 Å². The molecule has 0 spiro atoms. The molecule has 1 heterocycles. The number of benzene rings is 1. The number of nitrogens with one attached hydrogen (secondary N) is 2. The van der Waals surface area contributed by atoms with Crippen molar-refractivity contribution in [2.75, 3.05) is 26.0 Å². The number of thiophene rings is 1. The van der Waals surface area contributed by atoms with Crippen molar-refractivity contribution in [1.82, 2.24) is 0 Å². The minimum atomic E-state index is -0.0368. The Hall–Kier alpha value is -1.56. The number of ether oxygens (including phenoxy) is 1. The van der Waals surface area contributed by atoms with E-state index in [2.05, 4.69) is 11.4 Å². The quantitative estimate of drug-likeness (QED) is 0.854. The lowest BCUT2D eigenvalue weighted by Crippen LogP contribution is -3.08. The molecule has 112 valence electrons. The zero-order valence-electron chi connectivity index (χ0n) is 12.0. The van der Waals surface area contributed by atoms with Gasteiger partial charge in [-0.05, 0) is 29.6 Å². The third-order valence-corrected chi connectivity index (χ3v) is 4.13. The molecule has 1 unspecified atom stereocenters. The Bertz CT molecular complexity index is 602. The highest BCUT2D eigenvalue weighted by atomic mass is 35.5. The number of carbonyl (C=O) groups excluding carboxylic acids is 1. The minimum absolute atomic E-state index is 0.0368. The van der Waals surface area contributed by atoms with Gasteiger partial charge in [-0.25, -0.2) is 0 Å². The third kappa shape index (κ3) is 4.74. The van der Waals surface area contributed by atoms with Gasteiger partial charge in [0, 0.05) is 5.69 Å². The summed E-state index contributed by atoms with van der Waals surface area (Å²) in [4.78, 5) is 14.4. The maximum absolute atomic E-state index is 12.0. The monoisotopic (exact) mass is 325 g/mol. The van der Waals surface area contributed by atoms with E-state index in [4.69, 9.17) is 16.3 Å². The molecule has 1 aromatic carbocycles. The Morgan fingerprint density at radius 1 is 1.43 bits per heavy atom.